The third kappa shape index (κ3) is 10.1. The molecule has 0 saturated heterocycles. The molecule has 2 atom stereocenters. The third-order valence-electron chi connectivity index (χ3n) is 3.37. The molecule has 0 aliphatic carbocycles. The van der Waals surface area contributed by atoms with Crippen LogP contribution in [0.1, 0.15) is 41.0 Å². The van der Waals surface area contributed by atoms with Crippen molar-refractivity contribution in [1.29, 1.82) is 0 Å². The van der Waals surface area contributed by atoms with Crippen LogP contribution in [0.4, 0.5) is 4.79 Å². The van der Waals surface area contributed by atoms with Crippen molar-refractivity contribution >= 4 is 23.9 Å². The summed E-state index contributed by atoms with van der Waals surface area (Å²) in [4.78, 5) is 49.3. The quantitative estimate of drug-likeness (QED) is 0.354. The maximum Gasteiger partial charge on any atom is 0.336 e. The summed E-state index contributed by atoms with van der Waals surface area (Å²) in [7, 11) is 0. The van der Waals surface area contributed by atoms with Gasteiger partial charge in [-0.05, 0) is 26.7 Å². The van der Waals surface area contributed by atoms with E-state index in [1.165, 1.54) is 4.90 Å². The van der Waals surface area contributed by atoms with E-state index in [4.69, 9.17) is 14.2 Å². The largest absolute Gasteiger partial charge is 0.466 e. The Hall–Kier alpha value is -2.36. The van der Waals surface area contributed by atoms with Gasteiger partial charge in [-0.1, -0.05) is 13.8 Å². The number of hydrogen-bond donors (Lipinski definition) is 2. The maximum absolute atomic E-state index is 12.6. The molecule has 0 aromatic rings. The highest BCUT2D eigenvalue weighted by Gasteiger charge is 2.30. The number of nitrogens with one attached hydrogen (secondary N) is 1. The number of carbonyl (C=O) groups excluding carboxylic acids is 4. The van der Waals surface area contributed by atoms with E-state index >= 15 is 0 Å². The Bertz CT molecular complexity index is 524. The summed E-state index contributed by atoms with van der Waals surface area (Å²) in [6, 6.07) is -1.97. The van der Waals surface area contributed by atoms with Gasteiger partial charge in [0.25, 0.3) is 0 Å². The molecule has 162 valence electrons. The fraction of sp³-hybridized carbons (Fsp3) is 0.778. The molecule has 0 aliphatic rings. The van der Waals surface area contributed by atoms with Gasteiger partial charge in [0.2, 0.25) is 0 Å². The second-order valence-corrected chi connectivity index (χ2v) is 6.33. The summed E-state index contributed by atoms with van der Waals surface area (Å²) in [5.74, 6) is -2.27. The van der Waals surface area contributed by atoms with Crippen LogP contribution in [0.2, 0.25) is 0 Å². The fourth-order valence-corrected chi connectivity index (χ4v) is 2.27. The lowest BCUT2D eigenvalue weighted by atomic mass is 10.2. The summed E-state index contributed by atoms with van der Waals surface area (Å²) in [6.07, 6.45) is -1.93. The van der Waals surface area contributed by atoms with Crippen LogP contribution in [0, 0.1) is 5.92 Å². The molecular formula is C18H32N2O8. The summed E-state index contributed by atoms with van der Waals surface area (Å²) in [5, 5.41) is 12.4. The Morgan fingerprint density at radius 1 is 0.893 bits per heavy atom. The standard InChI is InChI=1S/C18H32N2O8/c1-6-26-15(22)9-13(16(23)27-7-2)19-18(25)20(10-12(4)5)11-14(21)17(24)28-8-3/h12-14,21H,6-11H2,1-5H3,(H,19,25)/t13-,14?/m0/s1. The number of aliphatic hydroxyl groups is 1. The first-order valence-corrected chi connectivity index (χ1v) is 9.38. The first kappa shape index (κ1) is 25.6. The number of ether oxygens (including phenoxy) is 3. The van der Waals surface area contributed by atoms with Crippen molar-refractivity contribution in [2.45, 2.75) is 53.2 Å². The van der Waals surface area contributed by atoms with Gasteiger partial charge < -0.3 is 29.5 Å². The Balaban J connectivity index is 5.24. The normalized spacial score (nSPS) is 12.7. The Labute approximate surface area is 165 Å². The highest BCUT2D eigenvalue weighted by molar-refractivity contribution is 5.87. The second-order valence-electron chi connectivity index (χ2n) is 6.33. The topological polar surface area (TPSA) is 131 Å². The van der Waals surface area contributed by atoms with Gasteiger partial charge in [0.15, 0.2) is 6.10 Å². The van der Waals surface area contributed by atoms with Crippen LogP contribution in [-0.4, -0.2) is 79.0 Å². The Morgan fingerprint density at radius 2 is 1.43 bits per heavy atom. The molecule has 0 aromatic heterocycles. The van der Waals surface area contributed by atoms with E-state index in [0.717, 1.165) is 0 Å². The van der Waals surface area contributed by atoms with Crippen LogP contribution in [0.3, 0.4) is 0 Å². The molecule has 28 heavy (non-hydrogen) atoms. The molecule has 0 bridgehead atoms. The number of amides is 2. The minimum Gasteiger partial charge on any atom is -0.466 e. The van der Waals surface area contributed by atoms with Gasteiger partial charge in [-0.3, -0.25) is 4.79 Å². The van der Waals surface area contributed by atoms with Crippen molar-refractivity contribution in [3.05, 3.63) is 0 Å². The zero-order chi connectivity index (χ0) is 21.7. The molecule has 0 aromatic carbocycles. The highest BCUT2D eigenvalue weighted by atomic mass is 16.5. The Morgan fingerprint density at radius 3 is 1.93 bits per heavy atom. The summed E-state index contributed by atoms with van der Waals surface area (Å²) in [6.45, 7) is 8.70. The lowest BCUT2D eigenvalue weighted by molar-refractivity contribution is -0.153. The second kappa shape index (κ2) is 13.8. The number of urea groups is 1. The van der Waals surface area contributed by atoms with E-state index in [1.807, 2.05) is 13.8 Å². The van der Waals surface area contributed by atoms with Crippen molar-refractivity contribution in [3.8, 4) is 0 Å². The molecule has 2 amide bonds. The van der Waals surface area contributed by atoms with Gasteiger partial charge in [0.05, 0.1) is 32.8 Å². The van der Waals surface area contributed by atoms with Crippen molar-refractivity contribution in [3.63, 3.8) is 0 Å². The summed E-state index contributed by atoms with van der Waals surface area (Å²) < 4.78 is 14.4. The van der Waals surface area contributed by atoms with E-state index in [-0.39, 0.29) is 38.8 Å². The SMILES string of the molecule is CCOC(=O)C[C@H](NC(=O)N(CC(C)C)CC(O)C(=O)OCC)C(=O)OCC. The molecule has 10 nitrogen and oxygen atoms in total. The Kier molecular flexibility index (Phi) is 12.6. The molecule has 0 saturated carbocycles. The number of hydrogen-bond acceptors (Lipinski definition) is 8. The monoisotopic (exact) mass is 404 g/mol. The van der Waals surface area contributed by atoms with Gasteiger partial charge in [0, 0.05) is 6.54 Å². The van der Waals surface area contributed by atoms with Crippen molar-refractivity contribution in [2.24, 2.45) is 5.92 Å². The third-order valence-corrected chi connectivity index (χ3v) is 3.37. The van der Waals surface area contributed by atoms with Crippen LogP contribution in [0.5, 0.6) is 0 Å². The van der Waals surface area contributed by atoms with E-state index in [9.17, 15) is 24.3 Å². The zero-order valence-corrected chi connectivity index (χ0v) is 17.2. The average molecular weight is 404 g/mol. The molecule has 10 heteroatoms. The maximum atomic E-state index is 12.6. The summed E-state index contributed by atoms with van der Waals surface area (Å²) in [5.41, 5.74) is 0. The van der Waals surface area contributed by atoms with Gasteiger partial charge in [-0.15, -0.1) is 0 Å². The predicted octanol–water partition coefficient (Wildman–Crippen LogP) is 0.463. The molecule has 0 fully saturated rings. The van der Waals surface area contributed by atoms with Crippen LogP contribution in [-0.2, 0) is 28.6 Å². The lowest BCUT2D eigenvalue weighted by Crippen LogP contribution is -2.52. The lowest BCUT2D eigenvalue weighted by Gasteiger charge is -2.28. The van der Waals surface area contributed by atoms with Crippen LogP contribution in [0.25, 0.3) is 0 Å². The fourth-order valence-electron chi connectivity index (χ4n) is 2.27. The van der Waals surface area contributed by atoms with Crippen molar-refractivity contribution in [2.75, 3.05) is 32.9 Å². The van der Waals surface area contributed by atoms with Gasteiger partial charge in [-0.25, -0.2) is 14.4 Å². The minimum atomic E-state index is -1.53. The highest BCUT2D eigenvalue weighted by Crippen LogP contribution is 2.06. The number of aliphatic hydroxyl groups excluding tert-OH is 1. The average Bonchev–Trinajstić information content (AvgIpc) is 2.60. The zero-order valence-electron chi connectivity index (χ0n) is 17.2. The first-order chi connectivity index (χ1) is 13.2. The number of nitrogens with zero attached hydrogens (tertiary/aromatic N) is 1. The molecule has 0 aliphatic heterocycles. The molecular weight excluding hydrogens is 372 g/mol. The predicted molar refractivity (Wildman–Crippen MR) is 99.3 cm³/mol. The van der Waals surface area contributed by atoms with Crippen molar-refractivity contribution < 1.29 is 38.5 Å². The van der Waals surface area contributed by atoms with Crippen molar-refractivity contribution in [1.82, 2.24) is 10.2 Å². The molecule has 0 spiro atoms. The van der Waals surface area contributed by atoms with E-state index in [0.29, 0.717) is 0 Å². The summed E-state index contributed by atoms with van der Waals surface area (Å²) >= 11 is 0. The molecule has 0 radical (unpaired) electrons. The van der Waals surface area contributed by atoms with Gasteiger partial charge in [0.1, 0.15) is 6.04 Å². The van der Waals surface area contributed by atoms with E-state index < -0.39 is 42.5 Å². The van der Waals surface area contributed by atoms with E-state index in [2.05, 4.69) is 5.32 Å². The molecule has 0 rings (SSSR count). The number of esters is 3. The van der Waals surface area contributed by atoms with E-state index in [1.54, 1.807) is 20.8 Å². The number of carbonyl (C=O) groups is 4. The molecule has 0 heterocycles. The van der Waals surface area contributed by atoms with Crippen LogP contribution < -0.4 is 5.32 Å². The first-order valence-electron chi connectivity index (χ1n) is 9.38. The molecule has 1 unspecified atom stereocenters. The smallest absolute Gasteiger partial charge is 0.336 e. The molecule has 2 N–H and O–H groups in total. The van der Waals surface area contributed by atoms with Gasteiger partial charge in [-0.2, -0.15) is 0 Å². The van der Waals surface area contributed by atoms with Gasteiger partial charge >= 0.3 is 23.9 Å². The van der Waals surface area contributed by atoms with Crippen LogP contribution >= 0.6 is 0 Å². The van der Waals surface area contributed by atoms with Crippen LogP contribution in [0.15, 0.2) is 0 Å². The number of rotatable bonds is 12. The minimum absolute atomic E-state index is 0.0197.